The summed E-state index contributed by atoms with van der Waals surface area (Å²) in [6.07, 6.45) is 3.36. The molecule has 0 radical (unpaired) electrons. The molecule has 1 aromatic carbocycles. The molecule has 3 rings (SSSR count). The molecule has 1 aliphatic heterocycles. The van der Waals surface area contributed by atoms with E-state index in [0.29, 0.717) is 36.1 Å². The fourth-order valence-corrected chi connectivity index (χ4v) is 3.84. The van der Waals surface area contributed by atoms with Crippen LogP contribution in [0.1, 0.15) is 30.1 Å². The summed E-state index contributed by atoms with van der Waals surface area (Å²) < 4.78 is 30.3. The minimum atomic E-state index is -3.34. The van der Waals surface area contributed by atoms with Gasteiger partial charge in [-0.05, 0) is 37.5 Å². The molecule has 1 aromatic heterocycles. The minimum absolute atomic E-state index is 0.197. The number of carbonyl (C=O) groups is 1. The van der Waals surface area contributed by atoms with E-state index in [2.05, 4.69) is 15.5 Å². The molecule has 9 heteroatoms. The maximum atomic E-state index is 12.1. The lowest BCUT2D eigenvalue weighted by Gasteiger charge is -2.29. The topological polar surface area (TPSA) is 105 Å². The van der Waals surface area contributed by atoms with Crippen molar-refractivity contribution in [3.63, 3.8) is 0 Å². The van der Waals surface area contributed by atoms with Crippen LogP contribution in [0.15, 0.2) is 22.7 Å². The highest BCUT2D eigenvalue weighted by molar-refractivity contribution is 7.92. The molecule has 1 amide bonds. The number of rotatable bonds is 5. The van der Waals surface area contributed by atoms with E-state index in [-0.39, 0.29) is 12.3 Å². The Bertz CT molecular complexity index is 891. The van der Waals surface area contributed by atoms with Crippen molar-refractivity contribution >= 4 is 27.3 Å². The molecule has 2 aromatic rings. The summed E-state index contributed by atoms with van der Waals surface area (Å²) in [7, 11) is -3.34. The fourth-order valence-electron chi connectivity index (χ4n) is 2.85. The second kappa shape index (κ2) is 6.83. The molecule has 134 valence electrons. The largest absolute Gasteiger partial charge is 0.339 e. The second-order valence-corrected chi connectivity index (χ2v) is 7.97. The minimum Gasteiger partial charge on any atom is -0.339 e. The van der Waals surface area contributed by atoms with E-state index in [9.17, 15) is 13.2 Å². The van der Waals surface area contributed by atoms with E-state index in [1.54, 1.807) is 19.1 Å². The molecular weight excluding hydrogens is 344 g/mol. The van der Waals surface area contributed by atoms with Gasteiger partial charge in [0.25, 0.3) is 0 Å². The number of anilines is 2. The van der Waals surface area contributed by atoms with Crippen molar-refractivity contribution in [1.82, 2.24) is 10.1 Å². The Balaban J connectivity index is 1.70. The third-order valence-electron chi connectivity index (χ3n) is 3.98. The number of hydrogen-bond acceptors (Lipinski definition) is 6. The number of fused-ring (bicyclic) bond motifs is 1. The lowest BCUT2D eigenvalue weighted by Crippen LogP contribution is -2.34. The number of amides is 1. The summed E-state index contributed by atoms with van der Waals surface area (Å²) >= 11 is 0. The van der Waals surface area contributed by atoms with Crippen LogP contribution in [0.4, 0.5) is 11.4 Å². The number of hydrogen-bond donors (Lipinski definition) is 1. The predicted octanol–water partition coefficient (Wildman–Crippen LogP) is 1.66. The zero-order valence-electron chi connectivity index (χ0n) is 14.2. The molecule has 0 unspecified atom stereocenters. The summed E-state index contributed by atoms with van der Waals surface area (Å²) in [4.78, 5) is 16.2. The molecule has 0 saturated carbocycles. The van der Waals surface area contributed by atoms with Gasteiger partial charge >= 0.3 is 0 Å². The van der Waals surface area contributed by atoms with E-state index >= 15 is 0 Å². The third-order valence-corrected chi connectivity index (χ3v) is 5.16. The number of benzene rings is 1. The van der Waals surface area contributed by atoms with Gasteiger partial charge in [-0.15, -0.1) is 0 Å². The van der Waals surface area contributed by atoms with Crippen LogP contribution >= 0.6 is 0 Å². The van der Waals surface area contributed by atoms with Crippen molar-refractivity contribution in [3.8, 4) is 0 Å². The monoisotopic (exact) mass is 364 g/mol. The SMILES string of the molecule is Cc1noc(CCC(=O)Nc2ccc3c(c2)N(S(C)(=O)=O)CCC3)n1. The van der Waals surface area contributed by atoms with Gasteiger partial charge < -0.3 is 9.84 Å². The molecule has 0 spiro atoms. The predicted molar refractivity (Wildman–Crippen MR) is 92.9 cm³/mol. The zero-order valence-corrected chi connectivity index (χ0v) is 15.0. The summed E-state index contributed by atoms with van der Waals surface area (Å²) in [6.45, 7) is 2.17. The van der Waals surface area contributed by atoms with Gasteiger partial charge in [0.2, 0.25) is 21.8 Å². The van der Waals surface area contributed by atoms with Crippen molar-refractivity contribution < 1.29 is 17.7 Å². The van der Waals surface area contributed by atoms with Crippen LogP contribution in [-0.2, 0) is 27.7 Å². The third kappa shape index (κ3) is 4.16. The van der Waals surface area contributed by atoms with Crippen LogP contribution in [0.3, 0.4) is 0 Å². The molecule has 2 heterocycles. The fraction of sp³-hybridized carbons (Fsp3) is 0.438. The number of aryl methyl sites for hydroxylation is 3. The lowest BCUT2D eigenvalue weighted by atomic mass is 10.0. The summed E-state index contributed by atoms with van der Waals surface area (Å²) in [6, 6.07) is 5.37. The quantitative estimate of drug-likeness (QED) is 0.865. The van der Waals surface area contributed by atoms with Crippen molar-refractivity contribution in [3.05, 3.63) is 35.5 Å². The van der Waals surface area contributed by atoms with Gasteiger partial charge in [-0.3, -0.25) is 9.10 Å². The van der Waals surface area contributed by atoms with Gasteiger partial charge in [0.15, 0.2) is 5.82 Å². The zero-order chi connectivity index (χ0) is 18.0. The van der Waals surface area contributed by atoms with Gasteiger partial charge in [-0.2, -0.15) is 4.98 Å². The summed E-state index contributed by atoms with van der Waals surface area (Å²) in [5, 5.41) is 6.47. The molecule has 1 aliphatic rings. The van der Waals surface area contributed by atoms with Crippen molar-refractivity contribution in [2.24, 2.45) is 0 Å². The van der Waals surface area contributed by atoms with Crippen LogP contribution in [0.5, 0.6) is 0 Å². The Labute approximate surface area is 146 Å². The lowest BCUT2D eigenvalue weighted by molar-refractivity contribution is -0.116. The number of sulfonamides is 1. The first-order chi connectivity index (χ1) is 11.8. The smallest absolute Gasteiger partial charge is 0.232 e. The molecule has 0 aliphatic carbocycles. The van der Waals surface area contributed by atoms with Crippen LogP contribution in [0, 0.1) is 6.92 Å². The second-order valence-electron chi connectivity index (χ2n) is 6.07. The molecule has 25 heavy (non-hydrogen) atoms. The molecule has 0 atom stereocenters. The summed E-state index contributed by atoms with van der Waals surface area (Å²) in [5.74, 6) is 0.754. The number of nitrogens with zero attached hydrogens (tertiary/aromatic N) is 3. The Morgan fingerprint density at radius 1 is 1.40 bits per heavy atom. The van der Waals surface area contributed by atoms with Gasteiger partial charge in [0.05, 0.1) is 11.9 Å². The van der Waals surface area contributed by atoms with E-state index in [4.69, 9.17) is 4.52 Å². The summed E-state index contributed by atoms with van der Waals surface area (Å²) in [5.41, 5.74) is 2.18. The van der Waals surface area contributed by atoms with Crippen molar-refractivity contribution in [2.45, 2.75) is 32.6 Å². The number of nitrogens with one attached hydrogen (secondary N) is 1. The highest BCUT2D eigenvalue weighted by Crippen LogP contribution is 2.31. The first kappa shape index (κ1) is 17.4. The average Bonchev–Trinajstić information content (AvgIpc) is 2.97. The molecule has 0 bridgehead atoms. The van der Waals surface area contributed by atoms with E-state index in [1.165, 1.54) is 10.6 Å². The first-order valence-corrected chi connectivity index (χ1v) is 9.87. The van der Waals surface area contributed by atoms with E-state index in [1.807, 2.05) is 6.07 Å². The van der Waals surface area contributed by atoms with Crippen molar-refractivity contribution in [2.75, 3.05) is 22.4 Å². The normalized spacial score (nSPS) is 14.2. The number of aromatic nitrogens is 2. The van der Waals surface area contributed by atoms with Gasteiger partial charge in [-0.25, -0.2) is 8.42 Å². The maximum absolute atomic E-state index is 12.1. The Hall–Kier alpha value is -2.42. The van der Waals surface area contributed by atoms with Gasteiger partial charge in [0, 0.05) is 25.1 Å². The van der Waals surface area contributed by atoms with Crippen molar-refractivity contribution in [1.29, 1.82) is 0 Å². The average molecular weight is 364 g/mol. The maximum Gasteiger partial charge on any atom is 0.232 e. The van der Waals surface area contributed by atoms with Crippen LogP contribution in [0.2, 0.25) is 0 Å². The van der Waals surface area contributed by atoms with Gasteiger partial charge in [-0.1, -0.05) is 11.2 Å². The Morgan fingerprint density at radius 2 is 2.20 bits per heavy atom. The molecule has 0 saturated heterocycles. The molecule has 8 nitrogen and oxygen atoms in total. The van der Waals surface area contributed by atoms with E-state index < -0.39 is 10.0 Å². The van der Waals surface area contributed by atoms with E-state index in [0.717, 1.165) is 18.4 Å². The van der Waals surface area contributed by atoms with Crippen LogP contribution in [0.25, 0.3) is 0 Å². The van der Waals surface area contributed by atoms with Crippen LogP contribution in [-0.4, -0.2) is 37.3 Å². The number of carbonyl (C=O) groups excluding carboxylic acids is 1. The highest BCUT2D eigenvalue weighted by atomic mass is 32.2. The Kier molecular flexibility index (Phi) is 4.76. The molecule has 1 N–H and O–H groups in total. The Morgan fingerprint density at radius 3 is 2.88 bits per heavy atom. The standard InChI is InChI=1S/C16H20N4O4S/c1-11-17-16(24-19-11)8-7-15(21)18-13-6-5-12-4-3-9-20(14(12)10-13)25(2,22)23/h5-6,10H,3-4,7-9H2,1-2H3,(H,18,21). The molecule has 0 fully saturated rings. The first-order valence-electron chi connectivity index (χ1n) is 8.02. The van der Waals surface area contributed by atoms with Crippen LogP contribution < -0.4 is 9.62 Å². The van der Waals surface area contributed by atoms with Gasteiger partial charge in [0.1, 0.15) is 0 Å². The highest BCUT2D eigenvalue weighted by Gasteiger charge is 2.24. The molecular formula is C16H20N4O4S.